The Kier molecular flexibility index (Phi) is 6.15. The Morgan fingerprint density at radius 2 is 1.31 bits per heavy atom. The third kappa shape index (κ3) is 4.03. The minimum Gasteiger partial charge on any atom is -0.294 e. The SMILES string of the molecule is Clc1ccccc1[C@H]1C[C@@]2(c3ccccc3)N(c3ccccc3)N=C(c3ccccc3)N2c2ccccc2S1. The maximum atomic E-state index is 6.88. The van der Waals surface area contributed by atoms with Gasteiger partial charge in [-0.3, -0.25) is 4.90 Å². The van der Waals surface area contributed by atoms with Crippen LogP contribution in [0.25, 0.3) is 0 Å². The zero-order valence-corrected chi connectivity index (χ0v) is 22.8. The Morgan fingerprint density at radius 1 is 0.692 bits per heavy atom. The van der Waals surface area contributed by atoms with Gasteiger partial charge in [-0.05, 0) is 35.9 Å². The minimum atomic E-state index is -0.642. The summed E-state index contributed by atoms with van der Waals surface area (Å²) < 4.78 is 0. The number of fused-ring (bicyclic) bond motifs is 3. The zero-order valence-electron chi connectivity index (χ0n) is 21.2. The third-order valence-corrected chi connectivity index (χ3v) is 9.14. The van der Waals surface area contributed by atoms with Crippen molar-refractivity contribution < 1.29 is 0 Å². The van der Waals surface area contributed by atoms with Crippen LogP contribution in [0.2, 0.25) is 5.02 Å². The molecular weight excluding hydrogens is 518 g/mol. The van der Waals surface area contributed by atoms with E-state index in [1.54, 1.807) is 0 Å². The summed E-state index contributed by atoms with van der Waals surface area (Å²) in [7, 11) is 0. The molecule has 2 aliphatic rings. The highest BCUT2D eigenvalue weighted by Gasteiger charge is 2.55. The summed E-state index contributed by atoms with van der Waals surface area (Å²) >= 11 is 8.76. The lowest BCUT2D eigenvalue weighted by molar-refractivity contribution is 0.407. The number of nitrogens with zero attached hydrogens (tertiary/aromatic N) is 3. The summed E-state index contributed by atoms with van der Waals surface area (Å²) in [6.45, 7) is 0. The van der Waals surface area contributed by atoms with Crippen molar-refractivity contribution in [3.8, 4) is 0 Å². The molecule has 0 unspecified atom stereocenters. The average molecular weight is 544 g/mol. The van der Waals surface area contributed by atoms with E-state index in [2.05, 4.69) is 137 Å². The van der Waals surface area contributed by atoms with Gasteiger partial charge in [-0.2, -0.15) is 5.10 Å². The van der Waals surface area contributed by atoms with E-state index in [4.69, 9.17) is 16.7 Å². The van der Waals surface area contributed by atoms with Crippen molar-refractivity contribution >= 4 is 40.6 Å². The standard InChI is InChI=1S/C34H26ClN3S/c35-29-21-11-10-20-28(29)32-24-34(26-16-6-2-7-17-26)37(30-22-12-13-23-31(30)39-32)33(25-14-4-1-5-15-25)36-38(34)27-18-8-3-9-19-27/h1-23,32H,24H2/t32-,34+/m1/s1. The molecule has 2 atom stereocenters. The van der Waals surface area contributed by atoms with E-state index < -0.39 is 5.66 Å². The molecule has 5 aromatic rings. The van der Waals surface area contributed by atoms with Gasteiger partial charge in [-0.1, -0.05) is 121 Å². The van der Waals surface area contributed by atoms with Gasteiger partial charge in [0.2, 0.25) is 0 Å². The van der Waals surface area contributed by atoms with Gasteiger partial charge in [0, 0.05) is 32.7 Å². The fraction of sp³-hybridized carbons (Fsp3) is 0.0882. The van der Waals surface area contributed by atoms with Gasteiger partial charge in [-0.15, -0.1) is 11.8 Å². The highest BCUT2D eigenvalue weighted by Crippen LogP contribution is 2.58. The van der Waals surface area contributed by atoms with Crippen LogP contribution in [0.3, 0.4) is 0 Å². The largest absolute Gasteiger partial charge is 0.294 e. The lowest BCUT2D eigenvalue weighted by Crippen LogP contribution is -2.54. The predicted octanol–water partition coefficient (Wildman–Crippen LogP) is 9.12. The second-order valence-electron chi connectivity index (χ2n) is 9.75. The minimum absolute atomic E-state index is 0.0848. The van der Waals surface area contributed by atoms with Crippen LogP contribution in [-0.2, 0) is 5.66 Å². The molecule has 190 valence electrons. The van der Waals surface area contributed by atoms with Gasteiger partial charge >= 0.3 is 0 Å². The highest BCUT2D eigenvalue weighted by atomic mass is 35.5. The van der Waals surface area contributed by atoms with Gasteiger partial charge in [0.1, 0.15) is 0 Å². The van der Waals surface area contributed by atoms with Crippen molar-refractivity contribution in [1.29, 1.82) is 0 Å². The van der Waals surface area contributed by atoms with Gasteiger partial charge in [0.15, 0.2) is 11.5 Å². The molecule has 0 spiro atoms. The number of hydrogen-bond donors (Lipinski definition) is 0. The van der Waals surface area contributed by atoms with Crippen LogP contribution in [0.15, 0.2) is 150 Å². The smallest absolute Gasteiger partial charge is 0.167 e. The fourth-order valence-corrected chi connectivity index (χ4v) is 7.50. The molecule has 39 heavy (non-hydrogen) atoms. The molecule has 0 N–H and O–H groups in total. The van der Waals surface area contributed by atoms with Crippen LogP contribution < -0.4 is 9.91 Å². The second kappa shape index (κ2) is 9.96. The van der Waals surface area contributed by atoms with Crippen molar-refractivity contribution in [1.82, 2.24) is 0 Å². The second-order valence-corrected chi connectivity index (χ2v) is 11.4. The van der Waals surface area contributed by atoms with Crippen LogP contribution in [0.1, 0.15) is 28.4 Å². The summed E-state index contributed by atoms with van der Waals surface area (Å²) in [5, 5.41) is 8.55. The highest BCUT2D eigenvalue weighted by molar-refractivity contribution is 7.99. The maximum Gasteiger partial charge on any atom is 0.167 e. The molecule has 0 saturated carbocycles. The molecule has 0 amide bonds. The quantitative estimate of drug-likeness (QED) is 0.225. The molecule has 0 radical (unpaired) electrons. The Balaban J connectivity index is 1.56. The number of thioether (sulfide) groups is 1. The van der Waals surface area contributed by atoms with Crippen molar-refractivity contribution in [2.24, 2.45) is 5.10 Å². The molecule has 5 heteroatoms. The molecule has 0 fully saturated rings. The Bertz CT molecular complexity index is 1640. The van der Waals surface area contributed by atoms with Gasteiger partial charge in [0.05, 0.1) is 11.4 Å². The first kappa shape index (κ1) is 24.1. The number of hydrazone groups is 1. The van der Waals surface area contributed by atoms with Crippen molar-refractivity contribution in [3.05, 3.63) is 161 Å². The van der Waals surface area contributed by atoms with Gasteiger partial charge < -0.3 is 0 Å². The number of benzene rings is 5. The summed E-state index contributed by atoms with van der Waals surface area (Å²) in [5.74, 6) is 0.927. The molecule has 2 aliphatic heterocycles. The molecular formula is C34H26ClN3S. The molecule has 2 heterocycles. The van der Waals surface area contributed by atoms with Crippen LogP contribution in [0.5, 0.6) is 0 Å². The first-order valence-electron chi connectivity index (χ1n) is 13.1. The number of hydrogen-bond acceptors (Lipinski definition) is 4. The van der Waals surface area contributed by atoms with E-state index in [1.165, 1.54) is 10.5 Å². The number of rotatable bonds is 4. The van der Waals surface area contributed by atoms with Gasteiger partial charge in [-0.25, -0.2) is 5.01 Å². The first-order chi connectivity index (χ1) is 19.3. The summed E-state index contributed by atoms with van der Waals surface area (Å²) in [4.78, 5) is 3.67. The molecule has 5 aromatic carbocycles. The molecule has 7 rings (SSSR count). The van der Waals surface area contributed by atoms with E-state index >= 15 is 0 Å². The van der Waals surface area contributed by atoms with E-state index in [9.17, 15) is 0 Å². The number of halogens is 1. The number of para-hydroxylation sites is 2. The Labute approximate surface area is 238 Å². The van der Waals surface area contributed by atoms with E-state index in [0.717, 1.165) is 39.8 Å². The van der Waals surface area contributed by atoms with Crippen LogP contribution >= 0.6 is 23.4 Å². The van der Waals surface area contributed by atoms with Crippen molar-refractivity contribution in [2.75, 3.05) is 9.91 Å². The molecule has 0 aromatic heterocycles. The van der Waals surface area contributed by atoms with Gasteiger partial charge in [0.25, 0.3) is 0 Å². The molecule has 0 saturated heterocycles. The first-order valence-corrected chi connectivity index (χ1v) is 14.4. The van der Waals surface area contributed by atoms with Crippen molar-refractivity contribution in [2.45, 2.75) is 22.2 Å². The summed E-state index contributed by atoms with van der Waals surface area (Å²) in [6, 6.07) is 48.8. The zero-order chi connectivity index (χ0) is 26.2. The molecule has 0 aliphatic carbocycles. The Morgan fingerprint density at radius 3 is 2.05 bits per heavy atom. The normalized spacial score (nSPS) is 20.1. The fourth-order valence-electron chi connectivity index (χ4n) is 5.78. The predicted molar refractivity (Wildman–Crippen MR) is 164 cm³/mol. The van der Waals surface area contributed by atoms with Crippen LogP contribution in [-0.4, -0.2) is 5.84 Å². The Hall–Kier alpha value is -3.99. The lowest BCUT2D eigenvalue weighted by Gasteiger charge is -2.45. The topological polar surface area (TPSA) is 18.8 Å². The molecule has 0 bridgehead atoms. The number of anilines is 2. The van der Waals surface area contributed by atoms with Crippen LogP contribution in [0, 0.1) is 0 Å². The van der Waals surface area contributed by atoms with Crippen molar-refractivity contribution in [3.63, 3.8) is 0 Å². The number of amidine groups is 1. The van der Waals surface area contributed by atoms with E-state index in [0.29, 0.717) is 0 Å². The summed E-state index contributed by atoms with van der Waals surface area (Å²) in [6.07, 6.45) is 0.759. The average Bonchev–Trinajstić information content (AvgIpc) is 3.26. The third-order valence-electron chi connectivity index (χ3n) is 7.49. The molecule has 3 nitrogen and oxygen atoms in total. The van der Waals surface area contributed by atoms with E-state index in [1.807, 2.05) is 23.9 Å². The lowest BCUT2D eigenvalue weighted by atomic mass is 9.88. The summed E-state index contributed by atoms with van der Waals surface area (Å²) in [5.41, 5.74) is 4.93. The maximum absolute atomic E-state index is 6.88. The monoisotopic (exact) mass is 543 g/mol. The van der Waals surface area contributed by atoms with E-state index in [-0.39, 0.29) is 5.25 Å². The van der Waals surface area contributed by atoms with Crippen LogP contribution in [0.4, 0.5) is 11.4 Å².